The molecule has 1 aliphatic heterocycles. The fourth-order valence-electron chi connectivity index (χ4n) is 2.32. The van der Waals surface area contributed by atoms with Crippen LogP contribution in [0.15, 0.2) is 6.07 Å². The molecule has 3 nitrogen and oxygen atoms in total. The van der Waals surface area contributed by atoms with Crippen LogP contribution in [0.25, 0.3) is 0 Å². The van der Waals surface area contributed by atoms with E-state index < -0.39 is 0 Å². The van der Waals surface area contributed by atoms with Gasteiger partial charge in [0, 0.05) is 36.9 Å². The minimum atomic E-state index is 0.677. The molecule has 0 unspecified atom stereocenters. The number of aromatic nitrogens is 1. The van der Waals surface area contributed by atoms with Crippen LogP contribution in [0.2, 0.25) is 0 Å². The lowest BCUT2D eigenvalue weighted by Crippen LogP contribution is -2.28. The lowest BCUT2D eigenvalue weighted by Gasteiger charge is -2.18. The van der Waals surface area contributed by atoms with Gasteiger partial charge in [0.25, 0.3) is 0 Å². The highest BCUT2D eigenvalue weighted by Crippen LogP contribution is 2.42. The average Bonchev–Trinajstić information content (AvgIpc) is 2.98. The minimum absolute atomic E-state index is 0.677. The molecule has 3 rings (SSSR count). The summed E-state index contributed by atoms with van der Waals surface area (Å²) in [5.74, 6) is 0.677. The van der Waals surface area contributed by atoms with Crippen LogP contribution in [0.1, 0.15) is 35.7 Å². The molecule has 1 aromatic heterocycles. The largest absolute Gasteiger partial charge is 0.345 e. The van der Waals surface area contributed by atoms with E-state index in [-0.39, 0.29) is 0 Å². The number of hydrogen-bond donors (Lipinski definition) is 1. The number of hydrogen-bond acceptors (Lipinski definition) is 2. The molecule has 1 aliphatic carbocycles. The van der Waals surface area contributed by atoms with Crippen LogP contribution in [0.4, 0.5) is 0 Å². The molecular formula is C11H13N3. The topological polar surface area (TPSA) is 40.8 Å². The summed E-state index contributed by atoms with van der Waals surface area (Å²) < 4.78 is 2.35. The molecular weight excluding hydrogens is 174 g/mol. The van der Waals surface area contributed by atoms with Crippen LogP contribution >= 0.6 is 0 Å². The molecule has 1 fully saturated rings. The van der Waals surface area contributed by atoms with E-state index in [9.17, 15) is 0 Å². The summed E-state index contributed by atoms with van der Waals surface area (Å²) in [6.07, 6.45) is 2.54. The molecule has 0 bridgehead atoms. The summed E-state index contributed by atoms with van der Waals surface area (Å²) >= 11 is 0. The van der Waals surface area contributed by atoms with E-state index in [0.717, 1.165) is 25.2 Å². The highest BCUT2D eigenvalue weighted by atomic mass is 15.1. The van der Waals surface area contributed by atoms with Crippen molar-refractivity contribution >= 4 is 0 Å². The molecule has 0 saturated heterocycles. The first-order valence-corrected chi connectivity index (χ1v) is 5.23. The van der Waals surface area contributed by atoms with Gasteiger partial charge in [-0.3, -0.25) is 0 Å². The van der Waals surface area contributed by atoms with E-state index in [2.05, 4.69) is 22.0 Å². The van der Waals surface area contributed by atoms with Crippen LogP contribution in [-0.2, 0) is 13.1 Å². The first kappa shape index (κ1) is 8.07. The van der Waals surface area contributed by atoms with Crippen molar-refractivity contribution in [2.75, 3.05) is 6.54 Å². The van der Waals surface area contributed by atoms with E-state index in [4.69, 9.17) is 5.26 Å². The molecule has 0 atom stereocenters. The second kappa shape index (κ2) is 2.86. The van der Waals surface area contributed by atoms with Gasteiger partial charge in [-0.25, -0.2) is 0 Å². The number of nitrogens with zero attached hydrogens (tertiary/aromatic N) is 2. The maximum atomic E-state index is 9.06. The van der Waals surface area contributed by atoms with Gasteiger partial charge >= 0.3 is 0 Å². The SMILES string of the molecule is N#Cc1cc2n(c1C1CC1)CCNC2. The Labute approximate surface area is 83.3 Å². The van der Waals surface area contributed by atoms with Crippen molar-refractivity contribution in [3.63, 3.8) is 0 Å². The predicted molar refractivity (Wildman–Crippen MR) is 52.8 cm³/mol. The zero-order chi connectivity index (χ0) is 9.54. The Hall–Kier alpha value is -1.27. The van der Waals surface area contributed by atoms with E-state index >= 15 is 0 Å². The van der Waals surface area contributed by atoms with Gasteiger partial charge in [0.1, 0.15) is 6.07 Å². The molecule has 14 heavy (non-hydrogen) atoms. The average molecular weight is 187 g/mol. The van der Waals surface area contributed by atoms with Crippen LogP contribution in [0.3, 0.4) is 0 Å². The molecule has 2 heterocycles. The van der Waals surface area contributed by atoms with Crippen LogP contribution in [0, 0.1) is 11.3 Å². The monoisotopic (exact) mass is 187 g/mol. The number of fused-ring (bicyclic) bond motifs is 1. The molecule has 1 saturated carbocycles. The lowest BCUT2D eigenvalue weighted by molar-refractivity contribution is 0.503. The molecule has 0 aromatic carbocycles. The molecule has 0 amide bonds. The van der Waals surface area contributed by atoms with Crippen molar-refractivity contribution in [1.82, 2.24) is 9.88 Å². The zero-order valence-corrected chi connectivity index (χ0v) is 8.08. The van der Waals surface area contributed by atoms with Gasteiger partial charge in [-0.2, -0.15) is 5.26 Å². The standard InChI is InChI=1S/C11H13N3/c12-6-9-5-10-7-13-3-4-14(10)11(9)8-1-2-8/h5,8,13H,1-4,7H2. The molecule has 0 radical (unpaired) electrons. The Morgan fingerprint density at radius 3 is 3.07 bits per heavy atom. The van der Waals surface area contributed by atoms with Crippen molar-refractivity contribution in [2.45, 2.75) is 31.8 Å². The van der Waals surface area contributed by atoms with Crippen molar-refractivity contribution in [2.24, 2.45) is 0 Å². The third-order valence-corrected chi connectivity index (χ3v) is 3.13. The maximum Gasteiger partial charge on any atom is 0.101 e. The van der Waals surface area contributed by atoms with Gasteiger partial charge in [0.05, 0.1) is 5.56 Å². The van der Waals surface area contributed by atoms with Gasteiger partial charge in [-0.15, -0.1) is 0 Å². The fraction of sp³-hybridized carbons (Fsp3) is 0.545. The Kier molecular flexibility index (Phi) is 1.65. The van der Waals surface area contributed by atoms with E-state index in [1.165, 1.54) is 24.2 Å². The fourth-order valence-corrected chi connectivity index (χ4v) is 2.32. The van der Waals surface area contributed by atoms with Crippen molar-refractivity contribution in [1.29, 1.82) is 5.26 Å². The van der Waals surface area contributed by atoms with E-state index in [1.54, 1.807) is 0 Å². The molecule has 72 valence electrons. The van der Waals surface area contributed by atoms with Gasteiger partial charge in [-0.05, 0) is 18.9 Å². The summed E-state index contributed by atoms with van der Waals surface area (Å²) in [7, 11) is 0. The van der Waals surface area contributed by atoms with E-state index in [1.807, 2.05) is 0 Å². The number of nitriles is 1. The molecule has 3 heteroatoms. The summed E-state index contributed by atoms with van der Waals surface area (Å²) in [6.45, 7) is 2.98. The third-order valence-electron chi connectivity index (χ3n) is 3.13. The Morgan fingerprint density at radius 2 is 2.36 bits per heavy atom. The Balaban J connectivity index is 2.14. The van der Waals surface area contributed by atoms with Gasteiger partial charge in [0.15, 0.2) is 0 Å². The van der Waals surface area contributed by atoms with Crippen LogP contribution in [0.5, 0.6) is 0 Å². The van der Waals surface area contributed by atoms with Crippen molar-refractivity contribution in [3.8, 4) is 6.07 Å². The van der Waals surface area contributed by atoms with Gasteiger partial charge in [-0.1, -0.05) is 0 Å². The first-order valence-electron chi connectivity index (χ1n) is 5.23. The highest BCUT2D eigenvalue weighted by molar-refractivity contribution is 5.42. The predicted octanol–water partition coefficient (Wildman–Crippen LogP) is 1.34. The summed E-state index contributed by atoms with van der Waals surface area (Å²) in [6, 6.07) is 4.38. The van der Waals surface area contributed by atoms with Crippen LogP contribution in [-0.4, -0.2) is 11.1 Å². The molecule has 1 N–H and O–H groups in total. The third kappa shape index (κ3) is 1.08. The number of rotatable bonds is 1. The second-order valence-corrected chi connectivity index (χ2v) is 4.15. The van der Waals surface area contributed by atoms with E-state index in [0.29, 0.717) is 5.92 Å². The quantitative estimate of drug-likeness (QED) is 0.720. The van der Waals surface area contributed by atoms with Crippen LogP contribution < -0.4 is 5.32 Å². The molecule has 2 aliphatic rings. The summed E-state index contributed by atoms with van der Waals surface area (Å²) in [5.41, 5.74) is 3.50. The van der Waals surface area contributed by atoms with Gasteiger partial charge < -0.3 is 9.88 Å². The zero-order valence-electron chi connectivity index (χ0n) is 8.08. The van der Waals surface area contributed by atoms with Gasteiger partial charge in [0.2, 0.25) is 0 Å². The molecule has 0 spiro atoms. The normalized spacial score (nSPS) is 20.2. The first-order chi connectivity index (χ1) is 6.90. The highest BCUT2D eigenvalue weighted by Gasteiger charge is 2.31. The lowest BCUT2D eigenvalue weighted by atomic mass is 10.2. The Morgan fingerprint density at radius 1 is 1.50 bits per heavy atom. The summed E-state index contributed by atoms with van der Waals surface area (Å²) in [5, 5.41) is 12.4. The second-order valence-electron chi connectivity index (χ2n) is 4.15. The minimum Gasteiger partial charge on any atom is -0.345 e. The molecule has 1 aromatic rings. The summed E-state index contributed by atoms with van der Waals surface area (Å²) in [4.78, 5) is 0. The maximum absolute atomic E-state index is 9.06. The Bertz CT molecular complexity index is 407. The number of nitrogens with one attached hydrogen (secondary N) is 1. The van der Waals surface area contributed by atoms with Crippen molar-refractivity contribution < 1.29 is 0 Å². The van der Waals surface area contributed by atoms with Crippen molar-refractivity contribution in [3.05, 3.63) is 23.0 Å². The smallest absolute Gasteiger partial charge is 0.101 e.